The van der Waals surface area contributed by atoms with E-state index < -0.39 is 0 Å². The summed E-state index contributed by atoms with van der Waals surface area (Å²) in [5, 5.41) is 14.3. The molecule has 0 bridgehead atoms. The number of nitrogens with zero attached hydrogens (tertiary/aromatic N) is 4. The van der Waals surface area contributed by atoms with Gasteiger partial charge in [0.2, 0.25) is 5.82 Å². The molecule has 20 heavy (non-hydrogen) atoms. The van der Waals surface area contributed by atoms with Crippen LogP contribution in [-0.4, -0.2) is 45.2 Å². The summed E-state index contributed by atoms with van der Waals surface area (Å²) in [6, 6.07) is 10.7. The van der Waals surface area contributed by atoms with Crippen LogP contribution in [0.1, 0.15) is 24.2 Å². The topological polar surface area (TPSA) is 57.7 Å². The van der Waals surface area contributed by atoms with Crippen molar-refractivity contribution in [3.63, 3.8) is 0 Å². The van der Waals surface area contributed by atoms with Crippen LogP contribution in [0.2, 0.25) is 0 Å². The van der Waals surface area contributed by atoms with Gasteiger partial charge in [-0.1, -0.05) is 36.4 Å². The van der Waals surface area contributed by atoms with E-state index in [1.165, 1.54) is 17.6 Å². The van der Waals surface area contributed by atoms with Gasteiger partial charge in [0.1, 0.15) is 0 Å². The highest BCUT2D eigenvalue weighted by molar-refractivity contribution is 5.61. The second-order valence-electron chi connectivity index (χ2n) is 5.12. The van der Waals surface area contributed by atoms with Crippen molar-refractivity contribution in [2.75, 3.05) is 19.6 Å². The van der Waals surface area contributed by atoms with E-state index in [9.17, 15) is 0 Å². The zero-order valence-electron chi connectivity index (χ0n) is 11.5. The zero-order chi connectivity index (χ0) is 13.6. The van der Waals surface area contributed by atoms with Gasteiger partial charge in [0.25, 0.3) is 0 Å². The maximum Gasteiger partial charge on any atom is 0.201 e. The number of H-pyrrole nitrogens is 1. The van der Waals surface area contributed by atoms with Crippen molar-refractivity contribution in [1.29, 1.82) is 0 Å². The molecule has 1 aliphatic heterocycles. The van der Waals surface area contributed by atoms with Crippen LogP contribution in [0.4, 0.5) is 0 Å². The summed E-state index contributed by atoms with van der Waals surface area (Å²) in [6.07, 6.45) is 5.61. The van der Waals surface area contributed by atoms with Crippen LogP contribution in [-0.2, 0) is 6.42 Å². The third-order valence-electron chi connectivity index (χ3n) is 3.65. The minimum absolute atomic E-state index is 0.734. The molecule has 2 aromatic rings. The van der Waals surface area contributed by atoms with Gasteiger partial charge in [0, 0.05) is 18.7 Å². The number of tetrazole rings is 1. The predicted molar refractivity (Wildman–Crippen MR) is 78.0 cm³/mol. The SMILES string of the molecule is C1=C(c2nn[nH]n2)CN(CCCc2ccccc2)CC1. The molecule has 2 heterocycles. The summed E-state index contributed by atoms with van der Waals surface area (Å²) >= 11 is 0. The van der Waals surface area contributed by atoms with Gasteiger partial charge in [-0.2, -0.15) is 5.21 Å². The normalized spacial score (nSPS) is 16.1. The summed E-state index contributed by atoms with van der Waals surface area (Å²) in [4.78, 5) is 2.47. The highest BCUT2D eigenvalue weighted by Crippen LogP contribution is 2.17. The van der Waals surface area contributed by atoms with Gasteiger partial charge < -0.3 is 0 Å². The fourth-order valence-electron chi connectivity index (χ4n) is 2.61. The smallest absolute Gasteiger partial charge is 0.201 e. The number of hydrogen-bond acceptors (Lipinski definition) is 4. The van der Waals surface area contributed by atoms with Crippen molar-refractivity contribution >= 4 is 5.57 Å². The number of benzene rings is 1. The third-order valence-corrected chi connectivity index (χ3v) is 3.65. The van der Waals surface area contributed by atoms with Crippen LogP contribution < -0.4 is 0 Å². The molecule has 5 nitrogen and oxygen atoms in total. The molecule has 0 atom stereocenters. The molecule has 5 heteroatoms. The van der Waals surface area contributed by atoms with Crippen LogP contribution in [0.15, 0.2) is 36.4 Å². The molecular weight excluding hydrogens is 250 g/mol. The molecule has 0 aliphatic carbocycles. The Kier molecular flexibility index (Phi) is 4.18. The average Bonchev–Trinajstić information content (AvgIpc) is 3.03. The molecule has 1 aliphatic rings. The largest absolute Gasteiger partial charge is 0.299 e. The quantitative estimate of drug-likeness (QED) is 0.901. The Morgan fingerprint density at radius 3 is 2.90 bits per heavy atom. The molecule has 104 valence electrons. The van der Waals surface area contributed by atoms with E-state index >= 15 is 0 Å². The number of aromatic nitrogens is 4. The number of rotatable bonds is 5. The van der Waals surface area contributed by atoms with Gasteiger partial charge in [-0.05, 0) is 36.6 Å². The molecule has 0 fully saturated rings. The first-order valence-corrected chi connectivity index (χ1v) is 7.11. The minimum atomic E-state index is 0.734. The number of aryl methyl sites for hydroxylation is 1. The fourth-order valence-corrected chi connectivity index (χ4v) is 2.61. The van der Waals surface area contributed by atoms with Crippen molar-refractivity contribution in [2.24, 2.45) is 0 Å². The summed E-state index contributed by atoms with van der Waals surface area (Å²) in [5.74, 6) is 0.734. The van der Waals surface area contributed by atoms with Crippen molar-refractivity contribution in [1.82, 2.24) is 25.5 Å². The van der Waals surface area contributed by atoms with Crippen LogP contribution in [0.3, 0.4) is 0 Å². The van der Waals surface area contributed by atoms with Gasteiger partial charge in [0.05, 0.1) is 0 Å². The fraction of sp³-hybridized carbons (Fsp3) is 0.400. The first-order chi connectivity index (χ1) is 9.92. The number of hydrogen-bond donors (Lipinski definition) is 1. The Labute approximate surface area is 118 Å². The highest BCUT2D eigenvalue weighted by Gasteiger charge is 2.16. The zero-order valence-corrected chi connectivity index (χ0v) is 11.5. The molecule has 1 aromatic heterocycles. The summed E-state index contributed by atoms with van der Waals surface area (Å²) in [6.45, 7) is 3.16. The lowest BCUT2D eigenvalue weighted by atomic mass is 10.1. The molecule has 0 radical (unpaired) electrons. The lowest BCUT2D eigenvalue weighted by Crippen LogP contribution is -2.31. The van der Waals surface area contributed by atoms with E-state index in [-0.39, 0.29) is 0 Å². The molecule has 0 spiro atoms. The van der Waals surface area contributed by atoms with Crippen LogP contribution >= 0.6 is 0 Å². The molecule has 0 saturated heterocycles. The maximum absolute atomic E-state index is 4.06. The standard InChI is InChI=1S/C15H19N5/c1-2-6-13(7-3-1)8-4-10-20-11-5-9-14(12-20)15-16-18-19-17-15/h1-3,6-7,9H,4-5,8,10-12H2,(H,16,17,18,19). The number of nitrogens with one attached hydrogen (secondary N) is 1. The molecule has 1 N–H and O–H groups in total. The van der Waals surface area contributed by atoms with Gasteiger partial charge in [-0.25, -0.2) is 0 Å². The lowest BCUT2D eigenvalue weighted by Gasteiger charge is -2.26. The van der Waals surface area contributed by atoms with Crippen molar-refractivity contribution < 1.29 is 0 Å². The molecule has 3 rings (SSSR count). The van der Waals surface area contributed by atoms with Crippen molar-refractivity contribution in [3.05, 3.63) is 47.8 Å². The van der Waals surface area contributed by atoms with E-state index in [0.717, 1.165) is 38.3 Å². The van der Waals surface area contributed by atoms with E-state index in [4.69, 9.17) is 0 Å². The van der Waals surface area contributed by atoms with E-state index in [0.29, 0.717) is 0 Å². The molecule has 0 amide bonds. The lowest BCUT2D eigenvalue weighted by molar-refractivity contribution is 0.300. The van der Waals surface area contributed by atoms with Gasteiger partial charge in [-0.3, -0.25) is 4.90 Å². The molecule has 0 unspecified atom stereocenters. The molecule has 0 saturated carbocycles. The third kappa shape index (κ3) is 3.30. The van der Waals surface area contributed by atoms with E-state index in [1.54, 1.807) is 0 Å². The maximum atomic E-state index is 4.06. The van der Waals surface area contributed by atoms with Crippen LogP contribution in [0, 0.1) is 0 Å². The summed E-state index contributed by atoms with van der Waals surface area (Å²) < 4.78 is 0. The predicted octanol–water partition coefficient (Wildman–Crippen LogP) is 1.92. The average molecular weight is 269 g/mol. The van der Waals surface area contributed by atoms with Crippen LogP contribution in [0.5, 0.6) is 0 Å². The Hall–Kier alpha value is -2.01. The van der Waals surface area contributed by atoms with E-state index in [1.807, 2.05) is 0 Å². The van der Waals surface area contributed by atoms with Crippen molar-refractivity contribution in [3.8, 4) is 0 Å². The molecule has 1 aromatic carbocycles. The van der Waals surface area contributed by atoms with Gasteiger partial charge >= 0.3 is 0 Å². The van der Waals surface area contributed by atoms with Crippen molar-refractivity contribution in [2.45, 2.75) is 19.3 Å². The van der Waals surface area contributed by atoms with Gasteiger partial charge in [0.15, 0.2) is 0 Å². The summed E-state index contributed by atoms with van der Waals surface area (Å²) in [7, 11) is 0. The minimum Gasteiger partial charge on any atom is -0.299 e. The molecular formula is C15H19N5. The van der Waals surface area contributed by atoms with Gasteiger partial charge in [-0.15, -0.1) is 10.2 Å². The Morgan fingerprint density at radius 2 is 2.10 bits per heavy atom. The second kappa shape index (κ2) is 6.43. The first kappa shape index (κ1) is 13.0. The highest BCUT2D eigenvalue weighted by atomic mass is 15.5. The summed E-state index contributed by atoms with van der Waals surface area (Å²) in [5.41, 5.74) is 2.60. The Balaban J connectivity index is 1.49. The second-order valence-corrected chi connectivity index (χ2v) is 5.12. The van der Waals surface area contributed by atoms with Crippen LogP contribution in [0.25, 0.3) is 5.57 Å². The number of aromatic amines is 1. The monoisotopic (exact) mass is 269 g/mol. The first-order valence-electron chi connectivity index (χ1n) is 7.11. The Morgan fingerprint density at radius 1 is 1.20 bits per heavy atom. The Bertz CT molecular complexity index is 547. The van der Waals surface area contributed by atoms with E-state index in [2.05, 4.69) is 61.9 Å².